The molecule has 1 aliphatic rings. The molecule has 0 amide bonds. The van der Waals surface area contributed by atoms with E-state index in [4.69, 9.17) is 21.9 Å². The summed E-state index contributed by atoms with van der Waals surface area (Å²) in [6, 6.07) is 9.06. The van der Waals surface area contributed by atoms with E-state index in [0.29, 0.717) is 0 Å². The highest BCUT2D eigenvalue weighted by Gasteiger charge is 2.35. The van der Waals surface area contributed by atoms with Crippen molar-refractivity contribution in [1.82, 2.24) is 0 Å². The predicted molar refractivity (Wildman–Crippen MR) is 82.2 cm³/mol. The normalized spacial score (nSPS) is 24.9. The van der Waals surface area contributed by atoms with Crippen molar-refractivity contribution in [2.75, 3.05) is 0 Å². The van der Waals surface area contributed by atoms with E-state index in [1.807, 2.05) is 18.2 Å². The van der Waals surface area contributed by atoms with Gasteiger partial charge in [0.15, 0.2) is 0 Å². The molecule has 2 N–H and O–H groups in total. The molecule has 22 heavy (non-hydrogen) atoms. The van der Waals surface area contributed by atoms with Gasteiger partial charge >= 0.3 is 5.97 Å². The standard InChI is InChI=1S/C16H15ClFNO3/c17-16(14(19-22)6-7-15(20)21)9-8-12(13(18)10-16)11-4-2-1-3-5-11/h1-5,8-10,12,22H,6-7H2,(H,20,21)/b19-14+. The number of carboxylic acid groups (broad SMARTS) is 1. The average molecular weight is 324 g/mol. The van der Waals surface area contributed by atoms with E-state index in [-0.39, 0.29) is 18.6 Å². The Hall–Kier alpha value is -2.14. The predicted octanol–water partition coefficient (Wildman–Crippen LogP) is 3.87. The lowest BCUT2D eigenvalue weighted by Gasteiger charge is -2.26. The van der Waals surface area contributed by atoms with Gasteiger partial charge in [-0.2, -0.15) is 0 Å². The molecule has 116 valence electrons. The molecule has 0 radical (unpaired) electrons. The molecule has 2 rings (SSSR count). The summed E-state index contributed by atoms with van der Waals surface area (Å²) in [4.78, 5) is 9.18. The molecule has 1 aromatic rings. The van der Waals surface area contributed by atoms with E-state index in [9.17, 15) is 9.18 Å². The summed E-state index contributed by atoms with van der Waals surface area (Å²) in [7, 11) is 0. The highest BCUT2D eigenvalue weighted by molar-refractivity contribution is 6.39. The molecule has 4 nitrogen and oxygen atoms in total. The molecule has 0 aliphatic heterocycles. The van der Waals surface area contributed by atoms with Crippen molar-refractivity contribution in [3.8, 4) is 0 Å². The molecule has 0 bridgehead atoms. The second-order valence-electron chi connectivity index (χ2n) is 4.99. The summed E-state index contributed by atoms with van der Waals surface area (Å²) in [5, 5.41) is 20.8. The Kier molecular flexibility index (Phi) is 4.98. The minimum Gasteiger partial charge on any atom is -0.481 e. The average Bonchev–Trinajstić information content (AvgIpc) is 2.48. The number of nitrogens with zero attached hydrogens (tertiary/aromatic N) is 1. The number of carboxylic acids is 1. The molecular formula is C16H15ClFNO3. The van der Waals surface area contributed by atoms with Gasteiger partial charge in [-0.3, -0.25) is 4.79 Å². The fourth-order valence-corrected chi connectivity index (χ4v) is 2.63. The third-order valence-corrected chi connectivity index (χ3v) is 3.93. The maximum Gasteiger partial charge on any atom is 0.303 e. The summed E-state index contributed by atoms with van der Waals surface area (Å²) in [5.74, 6) is -2.07. The number of aliphatic carboxylic acids is 1. The van der Waals surface area contributed by atoms with Crippen LogP contribution in [0.25, 0.3) is 0 Å². The molecule has 0 heterocycles. The molecular weight excluding hydrogens is 309 g/mol. The van der Waals surface area contributed by atoms with Crippen LogP contribution in [0.4, 0.5) is 4.39 Å². The molecule has 0 spiro atoms. The third kappa shape index (κ3) is 3.54. The highest BCUT2D eigenvalue weighted by atomic mass is 35.5. The molecule has 1 aliphatic carbocycles. The van der Waals surface area contributed by atoms with Crippen molar-refractivity contribution >= 4 is 23.3 Å². The van der Waals surface area contributed by atoms with Crippen LogP contribution in [0, 0.1) is 0 Å². The van der Waals surface area contributed by atoms with E-state index < -0.39 is 22.6 Å². The van der Waals surface area contributed by atoms with Crippen LogP contribution in [0.2, 0.25) is 0 Å². The molecule has 2 atom stereocenters. The Labute approximate surface area is 132 Å². The smallest absolute Gasteiger partial charge is 0.303 e. The fourth-order valence-electron chi connectivity index (χ4n) is 2.32. The van der Waals surface area contributed by atoms with Crippen LogP contribution in [-0.2, 0) is 4.79 Å². The first-order valence-corrected chi connectivity index (χ1v) is 7.09. The van der Waals surface area contributed by atoms with Gasteiger partial charge in [-0.25, -0.2) is 4.39 Å². The summed E-state index contributed by atoms with van der Waals surface area (Å²) in [6.07, 6.45) is 3.94. The Morgan fingerprint density at radius 2 is 2.00 bits per heavy atom. The molecule has 0 fully saturated rings. The topological polar surface area (TPSA) is 69.9 Å². The minimum absolute atomic E-state index is 0.00511. The van der Waals surface area contributed by atoms with Gasteiger partial charge in [-0.05, 0) is 11.6 Å². The fraction of sp³-hybridized carbons (Fsp3) is 0.250. The van der Waals surface area contributed by atoms with Crippen molar-refractivity contribution in [1.29, 1.82) is 0 Å². The number of hydrogen-bond acceptors (Lipinski definition) is 3. The van der Waals surface area contributed by atoms with Crippen LogP contribution < -0.4 is 0 Å². The summed E-state index contributed by atoms with van der Waals surface area (Å²) >= 11 is 6.29. The molecule has 0 saturated heterocycles. The molecule has 6 heteroatoms. The summed E-state index contributed by atoms with van der Waals surface area (Å²) in [6.45, 7) is 0. The van der Waals surface area contributed by atoms with Crippen molar-refractivity contribution in [3.63, 3.8) is 0 Å². The van der Waals surface area contributed by atoms with Gasteiger partial charge in [0.1, 0.15) is 10.7 Å². The van der Waals surface area contributed by atoms with E-state index in [2.05, 4.69) is 5.16 Å². The molecule has 1 aromatic carbocycles. The van der Waals surface area contributed by atoms with Gasteiger partial charge in [0.05, 0.1) is 18.1 Å². The number of carbonyl (C=O) groups is 1. The number of hydrogen-bond donors (Lipinski definition) is 2. The van der Waals surface area contributed by atoms with Gasteiger partial charge in [0.2, 0.25) is 0 Å². The first-order chi connectivity index (χ1) is 10.5. The monoisotopic (exact) mass is 323 g/mol. The van der Waals surface area contributed by atoms with E-state index >= 15 is 0 Å². The van der Waals surface area contributed by atoms with Gasteiger partial charge in [0, 0.05) is 6.42 Å². The van der Waals surface area contributed by atoms with Crippen molar-refractivity contribution < 1.29 is 19.5 Å². The van der Waals surface area contributed by atoms with Crippen LogP contribution in [0.5, 0.6) is 0 Å². The Morgan fingerprint density at radius 3 is 2.55 bits per heavy atom. The van der Waals surface area contributed by atoms with E-state index in [0.717, 1.165) is 11.6 Å². The first-order valence-electron chi connectivity index (χ1n) is 6.71. The number of benzene rings is 1. The molecule has 0 aromatic heterocycles. The maximum absolute atomic E-state index is 14.4. The highest BCUT2D eigenvalue weighted by Crippen LogP contribution is 2.37. The summed E-state index contributed by atoms with van der Waals surface area (Å²) in [5.41, 5.74) is 0.772. The number of allylic oxidation sites excluding steroid dienone is 4. The second kappa shape index (κ2) is 6.75. The largest absolute Gasteiger partial charge is 0.481 e. The number of halogens is 2. The van der Waals surface area contributed by atoms with Crippen molar-refractivity contribution in [3.05, 3.63) is 60.0 Å². The lowest BCUT2D eigenvalue weighted by atomic mass is 9.86. The van der Waals surface area contributed by atoms with Gasteiger partial charge in [0.25, 0.3) is 0 Å². The SMILES string of the molecule is O=C(O)CC/C(=N\O)C1(Cl)C=CC(c2ccccc2)C(F)=C1. The Morgan fingerprint density at radius 1 is 1.32 bits per heavy atom. The van der Waals surface area contributed by atoms with Gasteiger partial charge in [-0.15, -0.1) is 11.6 Å². The second-order valence-corrected chi connectivity index (χ2v) is 5.61. The van der Waals surface area contributed by atoms with Crippen molar-refractivity contribution in [2.45, 2.75) is 23.6 Å². The number of oxime groups is 1. The van der Waals surface area contributed by atoms with Crippen LogP contribution in [-0.4, -0.2) is 26.9 Å². The third-order valence-electron chi connectivity index (χ3n) is 3.47. The van der Waals surface area contributed by atoms with Crippen molar-refractivity contribution in [2.24, 2.45) is 5.16 Å². The lowest BCUT2D eigenvalue weighted by Crippen LogP contribution is -2.31. The van der Waals surface area contributed by atoms with Crippen LogP contribution in [0.3, 0.4) is 0 Å². The molecule has 2 unspecified atom stereocenters. The Bertz CT molecular complexity index is 642. The quantitative estimate of drug-likeness (QED) is 0.284. The number of rotatable bonds is 5. The zero-order chi connectivity index (χ0) is 16.2. The van der Waals surface area contributed by atoms with Crippen LogP contribution >= 0.6 is 11.6 Å². The van der Waals surface area contributed by atoms with E-state index in [1.54, 1.807) is 18.2 Å². The summed E-state index contributed by atoms with van der Waals surface area (Å²) < 4.78 is 14.4. The number of alkyl halides is 1. The van der Waals surface area contributed by atoms with Gasteiger partial charge in [-0.1, -0.05) is 47.6 Å². The Balaban J connectivity index is 2.23. The van der Waals surface area contributed by atoms with Gasteiger partial charge < -0.3 is 10.3 Å². The first kappa shape index (κ1) is 16.2. The maximum atomic E-state index is 14.4. The molecule has 0 saturated carbocycles. The zero-order valence-electron chi connectivity index (χ0n) is 11.6. The van der Waals surface area contributed by atoms with Crippen LogP contribution in [0.15, 0.2) is 59.5 Å². The minimum atomic E-state index is -1.44. The zero-order valence-corrected chi connectivity index (χ0v) is 12.4. The van der Waals surface area contributed by atoms with Crippen LogP contribution in [0.1, 0.15) is 24.3 Å². The van der Waals surface area contributed by atoms with E-state index in [1.165, 1.54) is 6.08 Å². The lowest BCUT2D eigenvalue weighted by molar-refractivity contribution is -0.136.